The van der Waals surface area contributed by atoms with Crippen molar-refractivity contribution < 1.29 is 23.0 Å². The van der Waals surface area contributed by atoms with E-state index >= 15 is 0 Å². The summed E-state index contributed by atoms with van der Waals surface area (Å²) in [6, 6.07) is 12.4. The molecule has 4 N–H and O–H groups in total. The Kier molecular flexibility index (Phi) is 6.24. The lowest BCUT2D eigenvalue weighted by Gasteiger charge is -2.27. The Hall–Kier alpha value is -3.37. The highest BCUT2D eigenvalue weighted by Gasteiger charge is 2.33. The summed E-state index contributed by atoms with van der Waals surface area (Å²) in [5.41, 5.74) is 5.71. The maximum absolute atomic E-state index is 13.2. The second-order valence-corrected chi connectivity index (χ2v) is 9.56. The van der Waals surface area contributed by atoms with Crippen LogP contribution in [0.4, 0.5) is 24.0 Å². The van der Waals surface area contributed by atoms with E-state index in [-0.39, 0.29) is 23.4 Å². The van der Waals surface area contributed by atoms with Gasteiger partial charge in [0, 0.05) is 29.6 Å². The maximum Gasteiger partial charge on any atom is 0.418 e. The second-order valence-electron chi connectivity index (χ2n) is 8.53. The third kappa shape index (κ3) is 5.18. The highest BCUT2D eigenvalue weighted by molar-refractivity contribution is 7.22. The zero-order valence-electron chi connectivity index (χ0n) is 18.5. The minimum absolute atomic E-state index is 0.00136. The van der Waals surface area contributed by atoms with Gasteiger partial charge in [-0.1, -0.05) is 30.2 Å². The number of benzene rings is 2. The number of thiazole rings is 1. The summed E-state index contributed by atoms with van der Waals surface area (Å²) >= 11 is 1.48. The van der Waals surface area contributed by atoms with Crippen molar-refractivity contribution in [3.8, 4) is 22.8 Å². The number of aromatic nitrogens is 2. The lowest BCUT2D eigenvalue weighted by Crippen LogP contribution is -2.36. The molecule has 182 valence electrons. The Morgan fingerprint density at radius 3 is 2.63 bits per heavy atom. The Morgan fingerprint density at radius 2 is 1.83 bits per heavy atom. The highest BCUT2D eigenvalue weighted by atomic mass is 32.1. The number of aliphatic hydroxyl groups is 1. The van der Waals surface area contributed by atoms with E-state index in [1.807, 2.05) is 12.1 Å². The molecule has 2 aromatic heterocycles. The van der Waals surface area contributed by atoms with Gasteiger partial charge in [-0.05, 0) is 43.2 Å². The average molecular weight is 501 g/mol. The van der Waals surface area contributed by atoms with Gasteiger partial charge in [-0.15, -0.1) is 0 Å². The van der Waals surface area contributed by atoms with E-state index in [2.05, 4.69) is 15.3 Å². The van der Waals surface area contributed by atoms with E-state index < -0.39 is 11.7 Å². The molecule has 35 heavy (non-hydrogen) atoms. The van der Waals surface area contributed by atoms with Crippen LogP contribution in [0.5, 0.6) is 11.5 Å². The number of nitrogens with zero attached hydrogens (tertiary/aromatic N) is 2. The first-order valence-electron chi connectivity index (χ1n) is 11.2. The molecule has 1 fully saturated rings. The Morgan fingerprint density at radius 1 is 1.03 bits per heavy atom. The molecule has 0 spiro atoms. The van der Waals surface area contributed by atoms with Crippen LogP contribution in [0.15, 0.2) is 54.7 Å². The van der Waals surface area contributed by atoms with E-state index in [0.29, 0.717) is 17.2 Å². The number of hydrogen-bond acceptors (Lipinski definition) is 7. The summed E-state index contributed by atoms with van der Waals surface area (Å²) in [5, 5.41) is 14.3. The normalized spacial score (nSPS) is 18.5. The molecule has 1 saturated carbocycles. The lowest BCUT2D eigenvalue weighted by molar-refractivity contribution is -0.136. The highest BCUT2D eigenvalue weighted by Crippen LogP contribution is 2.37. The minimum Gasteiger partial charge on any atom is -0.457 e. The van der Waals surface area contributed by atoms with Crippen molar-refractivity contribution in [1.82, 2.24) is 9.97 Å². The number of pyridine rings is 1. The molecule has 5 rings (SSSR count). The average Bonchev–Trinajstić information content (AvgIpc) is 3.22. The molecule has 10 heteroatoms. The van der Waals surface area contributed by atoms with E-state index in [1.165, 1.54) is 29.7 Å². The first kappa shape index (κ1) is 23.4. The Balaban J connectivity index is 1.35. The number of hydrogen-bond donors (Lipinski definition) is 3. The zero-order chi connectivity index (χ0) is 24.6. The third-order valence-electron chi connectivity index (χ3n) is 6.02. The number of halogens is 3. The van der Waals surface area contributed by atoms with Crippen molar-refractivity contribution in [2.24, 2.45) is 0 Å². The smallest absolute Gasteiger partial charge is 0.418 e. The van der Waals surface area contributed by atoms with Crippen LogP contribution in [0.3, 0.4) is 0 Å². The van der Waals surface area contributed by atoms with E-state index in [1.54, 1.807) is 18.2 Å². The molecule has 1 aliphatic carbocycles. The third-order valence-corrected chi connectivity index (χ3v) is 6.97. The molecule has 0 saturated heterocycles. The number of ether oxygens (including phenoxy) is 1. The van der Waals surface area contributed by atoms with Gasteiger partial charge in [0.1, 0.15) is 11.5 Å². The van der Waals surface area contributed by atoms with Gasteiger partial charge in [0.2, 0.25) is 0 Å². The summed E-state index contributed by atoms with van der Waals surface area (Å²) in [6.45, 7) is 0. The van der Waals surface area contributed by atoms with Crippen LogP contribution in [0, 0.1) is 0 Å². The number of rotatable bonds is 5. The fourth-order valence-corrected chi connectivity index (χ4v) is 5.15. The monoisotopic (exact) mass is 500 g/mol. The molecule has 2 aromatic carbocycles. The van der Waals surface area contributed by atoms with Gasteiger partial charge in [-0.2, -0.15) is 13.2 Å². The van der Waals surface area contributed by atoms with Crippen molar-refractivity contribution in [3.63, 3.8) is 0 Å². The summed E-state index contributed by atoms with van der Waals surface area (Å²) in [5.74, 6) is 1.00. The maximum atomic E-state index is 13.2. The predicted molar refractivity (Wildman–Crippen MR) is 131 cm³/mol. The number of fused-ring (bicyclic) bond motifs is 1. The van der Waals surface area contributed by atoms with E-state index in [4.69, 9.17) is 10.5 Å². The Labute approximate surface area is 203 Å². The summed E-state index contributed by atoms with van der Waals surface area (Å²) in [4.78, 5) is 8.80. The van der Waals surface area contributed by atoms with Crippen molar-refractivity contribution >= 4 is 32.4 Å². The summed E-state index contributed by atoms with van der Waals surface area (Å²) < 4.78 is 46.6. The summed E-state index contributed by atoms with van der Waals surface area (Å²) in [7, 11) is 0. The number of nitrogens with two attached hydrogens (primary N) is 1. The molecule has 1 aliphatic rings. The molecular weight excluding hydrogens is 477 g/mol. The quantitative estimate of drug-likeness (QED) is 0.272. The SMILES string of the molecule is Nc1ccc(-c2cc(Oc3ccc4nc(N[C@@H]5CCCC[C@H]5O)sc4c3)ccn2)cc1C(F)(F)F. The van der Waals surface area contributed by atoms with Crippen LogP contribution in [0.2, 0.25) is 0 Å². The van der Waals surface area contributed by atoms with E-state index in [0.717, 1.165) is 47.1 Å². The number of aliphatic hydroxyl groups excluding tert-OH is 1. The first-order chi connectivity index (χ1) is 16.8. The zero-order valence-corrected chi connectivity index (χ0v) is 19.4. The second kappa shape index (κ2) is 9.35. The molecule has 0 aliphatic heterocycles. The van der Waals surface area contributed by atoms with Gasteiger partial charge in [0.15, 0.2) is 5.13 Å². The van der Waals surface area contributed by atoms with Gasteiger partial charge in [-0.3, -0.25) is 4.98 Å². The molecule has 0 amide bonds. The molecule has 0 radical (unpaired) electrons. The molecule has 0 bridgehead atoms. The van der Waals surface area contributed by atoms with Gasteiger partial charge < -0.3 is 20.9 Å². The van der Waals surface area contributed by atoms with Crippen LogP contribution in [0.25, 0.3) is 21.5 Å². The Bertz CT molecular complexity index is 1360. The number of nitrogens with one attached hydrogen (secondary N) is 1. The molecule has 6 nitrogen and oxygen atoms in total. The van der Waals surface area contributed by atoms with Crippen LogP contribution >= 0.6 is 11.3 Å². The molecular formula is C25H23F3N4O2S. The van der Waals surface area contributed by atoms with Crippen molar-refractivity contribution in [1.29, 1.82) is 0 Å². The van der Waals surface area contributed by atoms with Crippen molar-refractivity contribution in [2.75, 3.05) is 11.1 Å². The van der Waals surface area contributed by atoms with Crippen molar-refractivity contribution in [2.45, 2.75) is 44.0 Å². The molecule has 2 heterocycles. The standard InChI is InChI=1S/C25H23F3N4O2S/c26-25(27,28)17-11-14(5-7-18(17)29)21-12-16(9-10-30-21)34-15-6-8-20-23(13-15)35-24(32-20)31-19-3-1-2-4-22(19)33/h5-13,19,22,33H,1-4,29H2,(H,31,32)/t19-,22-/m1/s1. The van der Waals surface area contributed by atoms with Gasteiger partial charge in [0.05, 0.1) is 33.6 Å². The van der Waals surface area contributed by atoms with Gasteiger partial charge >= 0.3 is 6.18 Å². The van der Waals surface area contributed by atoms with Crippen LogP contribution in [0.1, 0.15) is 31.2 Å². The fourth-order valence-electron chi connectivity index (χ4n) is 4.20. The molecule has 2 atom stereocenters. The minimum atomic E-state index is -4.55. The lowest BCUT2D eigenvalue weighted by atomic mass is 9.93. The number of anilines is 2. The largest absolute Gasteiger partial charge is 0.457 e. The number of alkyl halides is 3. The topological polar surface area (TPSA) is 93.3 Å². The first-order valence-corrected chi connectivity index (χ1v) is 12.0. The van der Waals surface area contributed by atoms with Crippen LogP contribution in [-0.4, -0.2) is 27.2 Å². The molecule has 0 unspecified atom stereocenters. The fraction of sp³-hybridized carbons (Fsp3) is 0.280. The van der Waals surface area contributed by atoms with E-state index in [9.17, 15) is 18.3 Å². The summed E-state index contributed by atoms with van der Waals surface area (Å²) in [6.07, 6.45) is 0.385. The number of nitrogen functional groups attached to an aromatic ring is 1. The predicted octanol–water partition coefficient (Wildman–Crippen LogP) is 6.47. The van der Waals surface area contributed by atoms with Gasteiger partial charge in [0.25, 0.3) is 0 Å². The van der Waals surface area contributed by atoms with Crippen molar-refractivity contribution in [3.05, 3.63) is 60.3 Å². The molecule has 4 aromatic rings. The van der Waals surface area contributed by atoms with Crippen LogP contribution in [-0.2, 0) is 6.18 Å². The van der Waals surface area contributed by atoms with Crippen LogP contribution < -0.4 is 15.8 Å². The van der Waals surface area contributed by atoms with Gasteiger partial charge in [-0.25, -0.2) is 4.98 Å².